The van der Waals surface area contributed by atoms with Gasteiger partial charge in [-0.2, -0.15) is 5.10 Å². The highest BCUT2D eigenvalue weighted by Gasteiger charge is 2.22. The largest absolute Gasteiger partial charge is 0.477 e. The van der Waals surface area contributed by atoms with Crippen LogP contribution in [-0.4, -0.2) is 33.9 Å². The maximum atomic E-state index is 11.1. The molecule has 0 aliphatic rings. The number of anilines is 1. The summed E-state index contributed by atoms with van der Waals surface area (Å²) in [5.41, 5.74) is 0.869. The quantitative estimate of drug-likeness (QED) is 0.814. The molecule has 84 valence electrons. The molecule has 0 spiro atoms. The van der Waals surface area contributed by atoms with Gasteiger partial charge in [0.05, 0.1) is 5.69 Å². The number of rotatable bonds is 4. The van der Waals surface area contributed by atoms with Crippen molar-refractivity contribution in [1.82, 2.24) is 9.78 Å². The van der Waals surface area contributed by atoms with E-state index in [2.05, 4.69) is 5.10 Å². The lowest BCUT2D eigenvalue weighted by Crippen LogP contribution is -2.26. The topological polar surface area (TPSA) is 58.4 Å². The molecule has 0 fully saturated rings. The van der Waals surface area contributed by atoms with Crippen molar-refractivity contribution in [2.45, 2.75) is 20.8 Å². The first-order valence-electron chi connectivity index (χ1n) is 5.04. The molecule has 0 saturated carbocycles. The Hall–Kier alpha value is -1.52. The fourth-order valence-corrected chi connectivity index (χ4v) is 1.78. The summed E-state index contributed by atoms with van der Waals surface area (Å²) >= 11 is 0. The average molecular weight is 211 g/mol. The molecule has 0 aromatic carbocycles. The van der Waals surface area contributed by atoms with Gasteiger partial charge in [0.2, 0.25) is 0 Å². The van der Waals surface area contributed by atoms with Crippen molar-refractivity contribution in [2.24, 2.45) is 7.05 Å². The second kappa shape index (κ2) is 4.33. The number of aryl methyl sites for hydroxylation is 2. The van der Waals surface area contributed by atoms with Crippen molar-refractivity contribution in [3.05, 3.63) is 11.3 Å². The Morgan fingerprint density at radius 3 is 2.40 bits per heavy atom. The van der Waals surface area contributed by atoms with Crippen LogP contribution in [0.1, 0.15) is 29.9 Å². The van der Waals surface area contributed by atoms with Gasteiger partial charge in [0, 0.05) is 20.1 Å². The van der Waals surface area contributed by atoms with Crippen molar-refractivity contribution in [3.63, 3.8) is 0 Å². The zero-order chi connectivity index (χ0) is 11.6. The van der Waals surface area contributed by atoms with Gasteiger partial charge in [-0.3, -0.25) is 4.68 Å². The highest BCUT2D eigenvalue weighted by Crippen LogP contribution is 2.22. The van der Waals surface area contributed by atoms with Crippen molar-refractivity contribution in [1.29, 1.82) is 0 Å². The molecule has 0 aliphatic heterocycles. The normalized spacial score (nSPS) is 10.4. The van der Waals surface area contributed by atoms with Gasteiger partial charge in [0.1, 0.15) is 11.4 Å². The molecule has 1 aromatic heterocycles. The van der Waals surface area contributed by atoms with E-state index in [0.717, 1.165) is 13.1 Å². The zero-order valence-electron chi connectivity index (χ0n) is 9.61. The first kappa shape index (κ1) is 11.6. The molecule has 1 rings (SSSR count). The third kappa shape index (κ3) is 1.95. The van der Waals surface area contributed by atoms with E-state index < -0.39 is 5.97 Å². The van der Waals surface area contributed by atoms with Gasteiger partial charge in [0.25, 0.3) is 0 Å². The maximum absolute atomic E-state index is 11.1. The molecule has 1 N–H and O–H groups in total. The molecule has 1 aromatic rings. The molecule has 0 amide bonds. The van der Waals surface area contributed by atoms with E-state index in [1.54, 1.807) is 18.7 Å². The van der Waals surface area contributed by atoms with Crippen LogP contribution >= 0.6 is 0 Å². The number of nitrogens with zero attached hydrogens (tertiary/aromatic N) is 3. The van der Waals surface area contributed by atoms with Crippen LogP contribution in [0.25, 0.3) is 0 Å². The zero-order valence-corrected chi connectivity index (χ0v) is 9.61. The first-order chi connectivity index (χ1) is 7.02. The monoisotopic (exact) mass is 211 g/mol. The van der Waals surface area contributed by atoms with Crippen molar-refractivity contribution in [3.8, 4) is 0 Å². The smallest absolute Gasteiger partial charge is 0.341 e. The Balaban J connectivity index is 3.31. The van der Waals surface area contributed by atoms with Crippen LogP contribution in [0, 0.1) is 6.92 Å². The van der Waals surface area contributed by atoms with E-state index in [4.69, 9.17) is 5.11 Å². The fourth-order valence-electron chi connectivity index (χ4n) is 1.78. The predicted octanol–water partition coefficient (Wildman–Crippen LogP) is 1.27. The van der Waals surface area contributed by atoms with E-state index in [9.17, 15) is 4.79 Å². The van der Waals surface area contributed by atoms with Gasteiger partial charge in [-0.15, -0.1) is 0 Å². The number of carboxylic acids is 1. The third-order valence-electron chi connectivity index (χ3n) is 2.47. The molecular weight excluding hydrogens is 194 g/mol. The summed E-state index contributed by atoms with van der Waals surface area (Å²) in [7, 11) is 1.77. The van der Waals surface area contributed by atoms with Crippen molar-refractivity contribution >= 4 is 11.8 Å². The van der Waals surface area contributed by atoms with Crippen LogP contribution in [0.3, 0.4) is 0 Å². The first-order valence-corrected chi connectivity index (χ1v) is 5.04. The molecule has 5 nitrogen and oxygen atoms in total. The Morgan fingerprint density at radius 1 is 1.47 bits per heavy atom. The lowest BCUT2D eigenvalue weighted by atomic mass is 10.2. The van der Waals surface area contributed by atoms with Gasteiger partial charge >= 0.3 is 5.97 Å². The van der Waals surface area contributed by atoms with E-state index in [0.29, 0.717) is 17.1 Å². The van der Waals surface area contributed by atoms with Crippen LogP contribution < -0.4 is 4.90 Å². The predicted molar refractivity (Wildman–Crippen MR) is 58.5 cm³/mol. The van der Waals surface area contributed by atoms with E-state index >= 15 is 0 Å². The van der Waals surface area contributed by atoms with Crippen LogP contribution in [0.4, 0.5) is 5.82 Å². The summed E-state index contributed by atoms with van der Waals surface area (Å²) < 4.78 is 1.63. The minimum Gasteiger partial charge on any atom is -0.477 e. The number of aromatic nitrogens is 2. The lowest BCUT2D eigenvalue weighted by Gasteiger charge is -2.21. The minimum atomic E-state index is -0.914. The molecule has 5 heteroatoms. The number of carbonyl (C=O) groups is 1. The Labute approximate surface area is 89.3 Å². The summed E-state index contributed by atoms with van der Waals surface area (Å²) in [4.78, 5) is 13.1. The number of hydrogen-bond acceptors (Lipinski definition) is 3. The molecule has 0 saturated heterocycles. The Bertz CT molecular complexity index is 367. The van der Waals surface area contributed by atoms with Gasteiger partial charge < -0.3 is 10.0 Å². The summed E-state index contributed by atoms with van der Waals surface area (Å²) in [6, 6.07) is 0. The highest BCUT2D eigenvalue weighted by atomic mass is 16.4. The van der Waals surface area contributed by atoms with E-state index in [-0.39, 0.29) is 0 Å². The number of hydrogen-bond donors (Lipinski definition) is 1. The lowest BCUT2D eigenvalue weighted by molar-refractivity contribution is 0.0696. The molecular formula is C10H17N3O2. The van der Waals surface area contributed by atoms with Gasteiger partial charge in [0.15, 0.2) is 0 Å². The molecule has 0 aliphatic carbocycles. The molecule has 0 bridgehead atoms. The third-order valence-corrected chi connectivity index (χ3v) is 2.47. The second-order valence-corrected chi connectivity index (χ2v) is 3.39. The van der Waals surface area contributed by atoms with E-state index in [1.165, 1.54) is 0 Å². The van der Waals surface area contributed by atoms with Gasteiger partial charge in [-0.05, 0) is 20.8 Å². The number of aromatic carboxylic acids is 1. The van der Waals surface area contributed by atoms with Gasteiger partial charge in [-0.25, -0.2) is 4.79 Å². The molecule has 15 heavy (non-hydrogen) atoms. The van der Waals surface area contributed by atoms with Crippen LogP contribution in [0.15, 0.2) is 0 Å². The standard InChI is InChI=1S/C10H17N3O2/c1-5-13(6-2)9-8(10(14)15)7(3)11-12(9)4/h5-6H2,1-4H3,(H,14,15). The summed E-state index contributed by atoms with van der Waals surface area (Å²) in [6.07, 6.45) is 0. The van der Waals surface area contributed by atoms with Crippen LogP contribution in [0.2, 0.25) is 0 Å². The summed E-state index contributed by atoms with van der Waals surface area (Å²) in [6.45, 7) is 7.26. The maximum Gasteiger partial charge on any atom is 0.341 e. The van der Waals surface area contributed by atoms with Gasteiger partial charge in [-0.1, -0.05) is 0 Å². The molecule has 0 unspecified atom stereocenters. The van der Waals surface area contributed by atoms with Crippen molar-refractivity contribution in [2.75, 3.05) is 18.0 Å². The Kier molecular flexibility index (Phi) is 3.34. The van der Waals surface area contributed by atoms with Crippen LogP contribution in [0.5, 0.6) is 0 Å². The SMILES string of the molecule is CCN(CC)c1c(C(=O)O)c(C)nn1C. The summed E-state index contributed by atoms with van der Waals surface area (Å²) in [5, 5.41) is 13.3. The summed E-state index contributed by atoms with van der Waals surface area (Å²) in [5.74, 6) is -0.229. The number of carboxylic acid groups (broad SMARTS) is 1. The fraction of sp³-hybridized carbons (Fsp3) is 0.600. The molecule has 1 heterocycles. The van der Waals surface area contributed by atoms with Crippen LogP contribution in [-0.2, 0) is 7.05 Å². The average Bonchev–Trinajstić information content (AvgIpc) is 2.44. The minimum absolute atomic E-state index is 0.307. The van der Waals surface area contributed by atoms with Crippen molar-refractivity contribution < 1.29 is 9.90 Å². The molecule has 0 atom stereocenters. The highest BCUT2D eigenvalue weighted by molar-refractivity contribution is 5.94. The van der Waals surface area contributed by atoms with E-state index in [1.807, 2.05) is 18.7 Å². The molecule has 0 radical (unpaired) electrons. The Morgan fingerprint density at radius 2 is 2.00 bits per heavy atom. The second-order valence-electron chi connectivity index (χ2n) is 3.39.